The topological polar surface area (TPSA) is 61.1 Å². The predicted octanol–water partition coefficient (Wildman–Crippen LogP) is 1.80. The van der Waals surface area contributed by atoms with Crippen LogP contribution in [-0.4, -0.2) is 11.1 Å². The zero-order chi connectivity index (χ0) is 12.0. The highest BCUT2D eigenvalue weighted by atomic mass is 19.1. The molecule has 0 saturated heterocycles. The van der Waals surface area contributed by atoms with E-state index in [1.54, 1.807) is 6.07 Å². The third-order valence-corrected chi connectivity index (χ3v) is 1.66. The van der Waals surface area contributed by atoms with E-state index in [0.717, 1.165) is 12.2 Å². The summed E-state index contributed by atoms with van der Waals surface area (Å²) in [6, 6.07) is 5.59. The molecule has 0 bridgehead atoms. The van der Waals surface area contributed by atoms with E-state index in [9.17, 15) is 9.18 Å². The van der Waals surface area contributed by atoms with Crippen molar-refractivity contribution in [1.29, 1.82) is 5.26 Å². The van der Waals surface area contributed by atoms with E-state index >= 15 is 0 Å². The second-order valence-electron chi connectivity index (χ2n) is 2.77. The number of rotatable bonds is 2. The Hall–Kier alpha value is -2.59. The lowest BCUT2D eigenvalue weighted by Crippen LogP contribution is -1.88. The van der Waals surface area contributed by atoms with E-state index in [1.807, 2.05) is 0 Å². The molecule has 0 heterocycles. The lowest BCUT2D eigenvalue weighted by atomic mass is 10.1. The van der Waals surface area contributed by atoms with Crippen molar-refractivity contribution >= 4 is 12.0 Å². The summed E-state index contributed by atoms with van der Waals surface area (Å²) in [6.45, 7) is 0. The number of nitriles is 1. The van der Waals surface area contributed by atoms with Crippen LogP contribution in [0.5, 0.6) is 0 Å². The van der Waals surface area contributed by atoms with E-state index in [2.05, 4.69) is 11.8 Å². The Balaban J connectivity index is 3.09. The number of hydrogen-bond acceptors (Lipinski definition) is 2. The highest BCUT2D eigenvalue weighted by Gasteiger charge is 1.99. The van der Waals surface area contributed by atoms with Gasteiger partial charge in [0.05, 0.1) is 0 Å². The second-order valence-corrected chi connectivity index (χ2v) is 2.77. The van der Waals surface area contributed by atoms with Gasteiger partial charge in [0, 0.05) is 23.1 Å². The average Bonchev–Trinajstić information content (AvgIpc) is 2.26. The molecule has 1 N–H and O–H groups in total. The number of aliphatic carboxylic acids is 1. The normalized spacial score (nSPS) is 9.25. The Morgan fingerprint density at radius 2 is 2.25 bits per heavy atom. The van der Waals surface area contributed by atoms with Crippen LogP contribution in [0, 0.1) is 29.0 Å². The van der Waals surface area contributed by atoms with Crippen molar-refractivity contribution in [2.24, 2.45) is 0 Å². The fraction of sp³-hybridized carbons (Fsp3) is 0. The van der Waals surface area contributed by atoms with Crippen LogP contribution in [0.25, 0.3) is 6.08 Å². The number of halogens is 1. The summed E-state index contributed by atoms with van der Waals surface area (Å²) in [5, 5.41) is 16.6. The van der Waals surface area contributed by atoms with Crippen molar-refractivity contribution in [3.8, 4) is 17.9 Å². The molecule has 0 aromatic heterocycles. The molecule has 3 nitrogen and oxygen atoms in total. The van der Waals surface area contributed by atoms with Crippen molar-refractivity contribution in [2.45, 2.75) is 0 Å². The van der Waals surface area contributed by atoms with E-state index in [4.69, 9.17) is 10.4 Å². The van der Waals surface area contributed by atoms with Crippen LogP contribution < -0.4 is 0 Å². The molecule has 0 unspecified atom stereocenters. The molecule has 1 aromatic rings. The molecule has 0 saturated carbocycles. The van der Waals surface area contributed by atoms with Gasteiger partial charge in [-0.15, -0.1) is 0 Å². The van der Waals surface area contributed by atoms with Gasteiger partial charge < -0.3 is 5.11 Å². The summed E-state index contributed by atoms with van der Waals surface area (Å²) in [6.07, 6.45) is 1.97. The molecule has 0 atom stereocenters. The lowest BCUT2D eigenvalue weighted by molar-refractivity contribution is -0.131. The Morgan fingerprint density at radius 3 is 2.88 bits per heavy atom. The maximum absolute atomic E-state index is 13.2. The van der Waals surface area contributed by atoms with Crippen LogP contribution in [0.15, 0.2) is 24.3 Å². The molecule has 0 radical (unpaired) electrons. The third-order valence-electron chi connectivity index (χ3n) is 1.66. The zero-order valence-corrected chi connectivity index (χ0v) is 8.07. The fourth-order valence-electron chi connectivity index (χ4n) is 1.01. The first-order valence-electron chi connectivity index (χ1n) is 4.24. The summed E-state index contributed by atoms with van der Waals surface area (Å²) >= 11 is 0. The first-order chi connectivity index (χ1) is 7.63. The minimum Gasteiger partial charge on any atom is -0.478 e. The van der Waals surface area contributed by atoms with Gasteiger partial charge in [0.2, 0.25) is 0 Å². The van der Waals surface area contributed by atoms with Gasteiger partial charge in [0.25, 0.3) is 0 Å². The van der Waals surface area contributed by atoms with Crippen LogP contribution >= 0.6 is 0 Å². The van der Waals surface area contributed by atoms with Crippen molar-refractivity contribution in [3.63, 3.8) is 0 Å². The summed E-state index contributed by atoms with van der Waals surface area (Å²) in [5.41, 5.74) is 0.570. The van der Waals surface area contributed by atoms with Gasteiger partial charge in [-0.1, -0.05) is 5.92 Å². The van der Waals surface area contributed by atoms with Crippen molar-refractivity contribution in [1.82, 2.24) is 0 Å². The van der Waals surface area contributed by atoms with Crippen molar-refractivity contribution in [3.05, 3.63) is 41.2 Å². The SMILES string of the molecule is N#CC#Cc1ccc(F)c(/C=C/C(=O)O)c1. The first-order valence-corrected chi connectivity index (χ1v) is 4.24. The third kappa shape index (κ3) is 3.28. The van der Waals surface area contributed by atoms with Crippen LogP contribution in [-0.2, 0) is 4.79 Å². The van der Waals surface area contributed by atoms with Gasteiger partial charge in [-0.25, -0.2) is 9.18 Å². The van der Waals surface area contributed by atoms with Gasteiger partial charge in [-0.05, 0) is 24.3 Å². The molecule has 0 aliphatic rings. The Bertz CT molecular complexity index is 544. The Kier molecular flexibility index (Phi) is 3.83. The number of carboxylic acids is 1. The smallest absolute Gasteiger partial charge is 0.328 e. The van der Waals surface area contributed by atoms with Crippen LogP contribution in [0.4, 0.5) is 4.39 Å². The molecule has 0 spiro atoms. The van der Waals surface area contributed by atoms with Gasteiger partial charge in [0.1, 0.15) is 5.82 Å². The number of nitrogens with zero attached hydrogens (tertiary/aromatic N) is 1. The van der Waals surface area contributed by atoms with Crippen molar-refractivity contribution in [2.75, 3.05) is 0 Å². The average molecular weight is 215 g/mol. The highest BCUT2D eigenvalue weighted by Crippen LogP contribution is 2.11. The predicted molar refractivity (Wildman–Crippen MR) is 55.6 cm³/mol. The molecule has 0 amide bonds. The second kappa shape index (κ2) is 5.33. The lowest BCUT2D eigenvalue weighted by Gasteiger charge is -1.97. The number of hydrogen-bond donors (Lipinski definition) is 1. The van der Waals surface area contributed by atoms with Crippen LogP contribution in [0.3, 0.4) is 0 Å². The van der Waals surface area contributed by atoms with Gasteiger partial charge >= 0.3 is 5.97 Å². The maximum Gasteiger partial charge on any atom is 0.328 e. The molecule has 1 rings (SSSR count). The molecule has 78 valence electrons. The van der Waals surface area contributed by atoms with E-state index in [0.29, 0.717) is 5.56 Å². The van der Waals surface area contributed by atoms with Gasteiger partial charge in [-0.2, -0.15) is 5.26 Å². The molecular formula is C12H6FNO2. The highest BCUT2D eigenvalue weighted by molar-refractivity contribution is 5.85. The Morgan fingerprint density at radius 1 is 1.50 bits per heavy atom. The first kappa shape index (κ1) is 11.5. The van der Waals surface area contributed by atoms with E-state index < -0.39 is 11.8 Å². The number of carboxylic acid groups (broad SMARTS) is 1. The van der Waals surface area contributed by atoms with Crippen LogP contribution in [0.1, 0.15) is 11.1 Å². The molecule has 16 heavy (non-hydrogen) atoms. The largest absolute Gasteiger partial charge is 0.478 e. The molecule has 0 aliphatic heterocycles. The molecule has 4 heteroatoms. The molecule has 0 fully saturated rings. The van der Waals surface area contributed by atoms with Crippen LogP contribution in [0.2, 0.25) is 0 Å². The molecule has 0 aliphatic carbocycles. The minimum atomic E-state index is -1.16. The zero-order valence-electron chi connectivity index (χ0n) is 8.07. The number of carbonyl (C=O) groups is 1. The summed E-state index contributed by atoms with van der Waals surface area (Å²) in [7, 11) is 0. The van der Waals surface area contributed by atoms with E-state index in [1.165, 1.54) is 18.2 Å². The van der Waals surface area contributed by atoms with Gasteiger partial charge in [-0.3, -0.25) is 0 Å². The minimum absolute atomic E-state index is 0.118. The standard InChI is InChI=1S/C12H6FNO2/c13-11-5-3-9(2-1-7-14)8-10(11)4-6-12(15)16/h3-6,8H,(H,15,16)/b6-4+. The molecule has 1 aromatic carbocycles. The summed E-state index contributed by atoms with van der Waals surface area (Å²) < 4.78 is 13.2. The maximum atomic E-state index is 13.2. The van der Waals surface area contributed by atoms with E-state index in [-0.39, 0.29) is 5.56 Å². The quantitative estimate of drug-likeness (QED) is 0.604. The van der Waals surface area contributed by atoms with Gasteiger partial charge in [0.15, 0.2) is 6.07 Å². The fourth-order valence-corrected chi connectivity index (χ4v) is 1.01. The Labute approximate surface area is 91.4 Å². The number of benzene rings is 1. The van der Waals surface area contributed by atoms with Crippen molar-refractivity contribution < 1.29 is 14.3 Å². The summed E-state index contributed by atoms with van der Waals surface area (Å²) in [5.74, 6) is 2.96. The molecular weight excluding hydrogens is 209 g/mol. The monoisotopic (exact) mass is 215 g/mol. The summed E-state index contributed by atoms with van der Waals surface area (Å²) in [4.78, 5) is 10.3.